The topological polar surface area (TPSA) is 32.5 Å². The van der Waals surface area contributed by atoms with Crippen molar-refractivity contribution in [2.45, 2.75) is 32.4 Å². The standard InChI is InChI=1S/C14H24ClN3S/c1-3-11(2)17-6-8-18(9-7-17)12(10-16)13-4-5-14(15)19-13/h4-5,11-12H,3,6-10,16H2,1-2H3. The Bertz CT molecular complexity index is 388. The average Bonchev–Trinajstić information content (AvgIpc) is 2.86. The van der Waals surface area contributed by atoms with Gasteiger partial charge in [0.2, 0.25) is 0 Å². The fourth-order valence-corrected chi connectivity index (χ4v) is 3.91. The van der Waals surface area contributed by atoms with Crippen LogP contribution in [0.25, 0.3) is 0 Å². The van der Waals surface area contributed by atoms with E-state index in [1.54, 1.807) is 11.3 Å². The Labute approximate surface area is 125 Å². The van der Waals surface area contributed by atoms with Gasteiger partial charge in [-0.2, -0.15) is 0 Å². The van der Waals surface area contributed by atoms with Gasteiger partial charge in [-0.15, -0.1) is 11.3 Å². The molecule has 0 spiro atoms. The summed E-state index contributed by atoms with van der Waals surface area (Å²) in [4.78, 5) is 6.37. The van der Waals surface area contributed by atoms with Crippen molar-refractivity contribution in [2.75, 3.05) is 32.7 Å². The zero-order valence-electron chi connectivity index (χ0n) is 11.8. The molecule has 19 heavy (non-hydrogen) atoms. The summed E-state index contributed by atoms with van der Waals surface area (Å²) < 4.78 is 0.853. The van der Waals surface area contributed by atoms with E-state index in [9.17, 15) is 0 Å². The van der Waals surface area contributed by atoms with Crippen molar-refractivity contribution in [1.29, 1.82) is 0 Å². The van der Waals surface area contributed by atoms with Gasteiger partial charge in [-0.25, -0.2) is 0 Å². The lowest BCUT2D eigenvalue weighted by molar-refractivity contribution is 0.0753. The minimum absolute atomic E-state index is 0.330. The summed E-state index contributed by atoms with van der Waals surface area (Å²) in [6.45, 7) is 9.72. The maximum atomic E-state index is 6.03. The number of hydrogen-bond donors (Lipinski definition) is 1. The molecule has 0 aromatic carbocycles. The fourth-order valence-electron chi connectivity index (χ4n) is 2.70. The Hall–Kier alpha value is -0.130. The second-order valence-electron chi connectivity index (χ2n) is 5.22. The normalized spacial score (nSPS) is 21.5. The summed E-state index contributed by atoms with van der Waals surface area (Å²) in [5.74, 6) is 0. The predicted octanol–water partition coefficient (Wildman–Crippen LogP) is 2.82. The van der Waals surface area contributed by atoms with Crippen molar-refractivity contribution in [2.24, 2.45) is 5.73 Å². The van der Waals surface area contributed by atoms with Crippen LogP contribution >= 0.6 is 22.9 Å². The van der Waals surface area contributed by atoms with E-state index in [0.29, 0.717) is 18.6 Å². The van der Waals surface area contributed by atoms with Gasteiger partial charge >= 0.3 is 0 Å². The highest BCUT2D eigenvalue weighted by molar-refractivity contribution is 7.16. The molecule has 0 bridgehead atoms. The molecule has 2 rings (SSSR count). The SMILES string of the molecule is CCC(C)N1CCN(C(CN)c2ccc(Cl)s2)CC1. The summed E-state index contributed by atoms with van der Waals surface area (Å²) in [6.07, 6.45) is 1.22. The van der Waals surface area contributed by atoms with Crippen LogP contribution in [0, 0.1) is 0 Å². The van der Waals surface area contributed by atoms with Crippen LogP contribution in [0.5, 0.6) is 0 Å². The van der Waals surface area contributed by atoms with Crippen LogP contribution in [0.2, 0.25) is 4.34 Å². The Morgan fingerprint density at radius 3 is 2.37 bits per heavy atom. The predicted molar refractivity (Wildman–Crippen MR) is 84.0 cm³/mol. The first kappa shape index (κ1) is 15.3. The molecule has 0 aliphatic carbocycles. The maximum absolute atomic E-state index is 6.03. The van der Waals surface area contributed by atoms with Gasteiger partial charge in [-0.05, 0) is 25.5 Å². The third-order valence-electron chi connectivity index (χ3n) is 4.15. The molecular formula is C14H24ClN3S. The van der Waals surface area contributed by atoms with Gasteiger partial charge in [0.05, 0.1) is 10.4 Å². The van der Waals surface area contributed by atoms with Gasteiger partial charge in [-0.1, -0.05) is 18.5 Å². The van der Waals surface area contributed by atoms with E-state index in [-0.39, 0.29) is 0 Å². The Kier molecular flexibility index (Phi) is 5.66. The van der Waals surface area contributed by atoms with Crippen molar-refractivity contribution in [1.82, 2.24) is 9.80 Å². The van der Waals surface area contributed by atoms with Gasteiger partial charge in [-0.3, -0.25) is 9.80 Å². The van der Waals surface area contributed by atoms with Gasteiger partial charge in [0.15, 0.2) is 0 Å². The first-order chi connectivity index (χ1) is 9.15. The first-order valence-electron chi connectivity index (χ1n) is 7.09. The van der Waals surface area contributed by atoms with Crippen LogP contribution in [0.1, 0.15) is 31.2 Å². The maximum Gasteiger partial charge on any atom is 0.0931 e. The van der Waals surface area contributed by atoms with Gasteiger partial charge in [0, 0.05) is 43.6 Å². The molecule has 5 heteroatoms. The lowest BCUT2D eigenvalue weighted by atomic mass is 10.1. The summed E-state index contributed by atoms with van der Waals surface area (Å²) >= 11 is 7.69. The number of nitrogens with zero attached hydrogens (tertiary/aromatic N) is 2. The minimum atomic E-state index is 0.330. The van der Waals surface area contributed by atoms with E-state index in [1.165, 1.54) is 11.3 Å². The van der Waals surface area contributed by atoms with Gasteiger partial charge < -0.3 is 5.73 Å². The molecule has 1 fully saturated rings. The van der Waals surface area contributed by atoms with Gasteiger partial charge in [0.1, 0.15) is 0 Å². The van der Waals surface area contributed by atoms with Crippen molar-refractivity contribution in [3.8, 4) is 0 Å². The molecule has 1 aliphatic heterocycles. The van der Waals surface area contributed by atoms with E-state index in [2.05, 4.69) is 29.7 Å². The summed E-state index contributed by atoms with van der Waals surface area (Å²) in [7, 11) is 0. The molecule has 1 aromatic rings. The molecule has 1 aliphatic rings. The molecule has 108 valence electrons. The van der Waals surface area contributed by atoms with Crippen molar-refractivity contribution in [3.63, 3.8) is 0 Å². The van der Waals surface area contributed by atoms with Crippen molar-refractivity contribution in [3.05, 3.63) is 21.3 Å². The average molecular weight is 302 g/mol. The Morgan fingerprint density at radius 2 is 1.89 bits per heavy atom. The van der Waals surface area contributed by atoms with Crippen LogP contribution in [-0.2, 0) is 0 Å². The number of thiophene rings is 1. The molecule has 0 saturated carbocycles. The smallest absolute Gasteiger partial charge is 0.0931 e. The lowest BCUT2D eigenvalue weighted by Crippen LogP contribution is -2.51. The van der Waals surface area contributed by atoms with Crippen LogP contribution in [-0.4, -0.2) is 48.6 Å². The Balaban J connectivity index is 1.95. The summed E-state index contributed by atoms with van der Waals surface area (Å²) in [6, 6.07) is 5.11. The van der Waals surface area contributed by atoms with E-state index in [1.807, 2.05) is 6.07 Å². The zero-order valence-corrected chi connectivity index (χ0v) is 13.4. The van der Waals surface area contributed by atoms with E-state index < -0.39 is 0 Å². The van der Waals surface area contributed by atoms with Crippen LogP contribution in [0.15, 0.2) is 12.1 Å². The molecule has 3 nitrogen and oxygen atoms in total. The molecule has 0 radical (unpaired) electrons. The van der Waals surface area contributed by atoms with E-state index in [4.69, 9.17) is 17.3 Å². The molecule has 2 atom stereocenters. The highest BCUT2D eigenvalue weighted by Gasteiger charge is 2.26. The summed E-state index contributed by atoms with van der Waals surface area (Å²) in [5, 5.41) is 0. The van der Waals surface area contributed by atoms with E-state index in [0.717, 1.165) is 30.5 Å². The molecule has 0 amide bonds. The number of hydrogen-bond acceptors (Lipinski definition) is 4. The third kappa shape index (κ3) is 3.70. The van der Waals surface area contributed by atoms with Crippen molar-refractivity contribution >= 4 is 22.9 Å². The second kappa shape index (κ2) is 7.04. The molecule has 2 heterocycles. The van der Waals surface area contributed by atoms with Crippen LogP contribution in [0.3, 0.4) is 0 Å². The fraction of sp³-hybridized carbons (Fsp3) is 0.714. The number of piperazine rings is 1. The third-order valence-corrected chi connectivity index (χ3v) is 5.48. The summed E-state index contributed by atoms with van der Waals surface area (Å²) in [5.41, 5.74) is 5.97. The van der Waals surface area contributed by atoms with Crippen molar-refractivity contribution < 1.29 is 0 Å². The number of nitrogens with two attached hydrogens (primary N) is 1. The monoisotopic (exact) mass is 301 g/mol. The largest absolute Gasteiger partial charge is 0.329 e. The Morgan fingerprint density at radius 1 is 1.26 bits per heavy atom. The minimum Gasteiger partial charge on any atom is -0.329 e. The molecule has 2 N–H and O–H groups in total. The number of rotatable bonds is 5. The van der Waals surface area contributed by atoms with Gasteiger partial charge in [0.25, 0.3) is 0 Å². The lowest BCUT2D eigenvalue weighted by Gasteiger charge is -2.40. The molecule has 2 unspecified atom stereocenters. The number of halogens is 1. The highest BCUT2D eigenvalue weighted by Crippen LogP contribution is 2.30. The van der Waals surface area contributed by atoms with E-state index >= 15 is 0 Å². The highest BCUT2D eigenvalue weighted by atomic mass is 35.5. The van der Waals surface area contributed by atoms with Crippen LogP contribution < -0.4 is 5.73 Å². The quantitative estimate of drug-likeness (QED) is 0.908. The molecular weight excluding hydrogens is 278 g/mol. The molecule has 1 saturated heterocycles. The zero-order chi connectivity index (χ0) is 13.8. The first-order valence-corrected chi connectivity index (χ1v) is 8.28. The molecule has 1 aromatic heterocycles. The van der Waals surface area contributed by atoms with Crippen LogP contribution in [0.4, 0.5) is 0 Å². The second-order valence-corrected chi connectivity index (χ2v) is 6.97.